The monoisotopic (exact) mass is 276 g/mol. The summed E-state index contributed by atoms with van der Waals surface area (Å²) in [4.78, 5) is 0. The zero-order chi connectivity index (χ0) is 15.1. The lowest BCUT2D eigenvalue weighted by atomic mass is 9.95. The number of halogens is 1. The maximum Gasteiger partial charge on any atom is 0.707 e. The van der Waals surface area contributed by atoms with Gasteiger partial charge in [-0.2, -0.15) is 0 Å². The third kappa shape index (κ3) is 3.82. The second kappa shape index (κ2) is 7.67. The Morgan fingerprint density at radius 1 is 1.05 bits per heavy atom. The normalized spacial score (nSPS) is 9.95. The van der Waals surface area contributed by atoms with Crippen LogP contribution >= 0.6 is 0 Å². The van der Waals surface area contributed by atoms with E-state index >= 15 is 0 Å². The molecule has 2 N–H and O–H groups in total. The SMILES string of the molecule is C=CCc1cc(OB(O)O)c(CC=C)c(CC=C)c1F. The summed E-state index contributed by atoms with van der Waals surface area (Å²) in [6.07, 6.45) is 5.76. The van der Waals surface area contributed by atoms with Crippen LogP contribution in [0.15, 0.2) is 44.0 Å². The van der Waals surface area contributed by atoms with Crippen LogP contribution in [0.4, 0.5) is 4.39 Å². The molecule has 20 heavy (non-hydrogen) atoms. The molecule has 0 unspecified atom stereocenters. The Bertz CT molecular complexity index is 512. The van der Waals surface area contributed by atoms with Gasteiger partial charge in [0.2, 0.25) is 0 Å². The van der Waals surface area contributed by atoms with E-state index < -0.39 is 7.32 Å². The highest BCUT2D eigenvalue weighted by Crippen LogP contribution is 2.30. The van der Waals surface area contributed by atoms with Gasteiger partial charge in [0.05, 0.1) is 0 Å². The average molecular weight is 276 g/mol. The molecule has 0 aliphatic heterocycles. The van der Waals surface area contributed by atoms with E-state index in [-0.39, 0.29) is 11.6 Å². The lowest BCUT2D eigenvalue weighted by Gasteiger charge is -2.17. The molecule has 0 saturated carbocycles. The Labute approximate surface area is 118 Å². The first-order chi connectivity index (χ1) is 9.54. The van der Waals surface area contributed by atoms with E-state index in [1.54, 1.807) is 18.2 Å². The van der Waals surface area contributed by atoms with Crippen LogP contribution in [0.25, 0.3) is 0 Å². The minimum absolute atomic E-state index is 0.231. The van der Waals surface area contributed by atoms with Crippen molar-refractivity contribution in [2.75, 3.05) is 0 Å². The summed E-state index contributed by atoms with van der Waals surface area (Å²) in [5, 5.41) is 18.0. The quantitative estimate of drug-likeness (QED) is 0.566. The van der Waals surface area contributed by atoms with Crippen LogP contribution in [0.5, 0.6) is 5.75 Å². The predicted octanol–water partition coefficient (Wildman–Crippen LogP) is 2.36. The van der Waals surface area contributed by atoms with Gasteiger partial charge in [0.1, 0.15) is 11.6 Å². The third-order valence-electron chi connectivity index (χ3n) is 2.81. The Morgan fingerprint density at radius 3 is 2.10 bits per heavy atom. The van der Waals surface area contributed by atoms with Crippen molar-refractivity contribution >= 4 is 7.32 Å². The van der Waals surface area contributed by atoms with Crippen molar-refractivity contribution in [3.8, 4) is 5.75 Å². The van der Waals surface area contributed by atoms with Crippen molar-refractivity contribution in [2.24, 2.45) is 0 Å². The largest absolute Gasteiger partial charge is 0.707 e. The molecule has 1 rings (SSSR count). The molecule has 0 aliphatic rings. The third-order valence-corrected chi connectivity index (χ3v) is 2.81. The molecule has 0 fully saturated rings. The molecule has 106 valence electrons. The van der Waals surface area contributed by atoms with Crippen LogP contribution in [0.2, 0.25) is 0 Å². The van der Waals surface area contributed by atoms with E-state index in [1.807, 2.05) is 0 Å². The average Bonchev–Trinajstić information content (AvgIpc) is 2.38. The van der Waals surface area contributed by atoms with E-state index in [1.165, 1.54) is 6.07 Å². The Kier molecular flexibility index (Phi) is 6.22. The highest BCUT2D eigenvalue weighted by atomic mass is 19.1. The second-order valence-corrected chi connectivity index (χ2v) is 4.23. The van der Waals surface area contributed by atoms with Gasteiger partial charge in [0, 0.05) is 5.56 Å². The molecule has 0 atom stereocenters. The molecule has 0 aliphatic carbocycles. The van der Waals surface area contributed by atoms with Crippen LogP contribution < -0.4 is 4.65 Å². The van der Waals surface area contributed by atoms with Crippen LogP contribution in [0.3, 0.4) is 0 Å². The van der Waals surface area contributed by atoms with Gasteiger partial charge in [0.25, 0.3) is 0 Å². The zero-order valence-corrected chi connectivity index (χ0v) is 11.3. The summed E-state index contributed by atoms with van der Waals surface area (Å²) in [5.74, 6) is -0.114. The van der Waals surface area contributed by atoms with Crippen LogP contribution in [0, 0.1) is 5.82 Å². The standard InChI is InChI=1S/C15H18BFO3/c1-4-7-11-10-14(20-16(18)19)12(8-5-2)13(9-6-3)15(11)17/h4-6,10,18-19H,1-3,7-9H2. The summed E-state index contributed by atoms with van der Waals surface area (Å²) in [6.45, 7) is 10.8. The summed E-state index contributed by atoms with van der Waals surface area (Å²) < 4.78 is 19.4. The van der Waals surface area contributed by atoms with E-state index in [4.69, 9.17) is 14.7 Å². The lowest BCUT2D eigenvalue weighted by molar-refractivity contribution is 0.286. The minimum atomic E-state index is -1.96. The van der Waals surface area contributed by atoms with Gasteiger partial charge in [-0.1, -0.05) is 18.2 Å². The highest BCUT2D eigenvalue weighted by molar-refractivity contribution is 6.33. The molecular formula is C15H18BFO3. The first-order valence-electron chi connectivity index (χ1n) is 6.23. The number of allylic oxidation sites excluding steroid dienone is 3. The van der Waals surface area contributed by atoms with E-state index in [0.717, 1.165) is 0 Å². The molecule has 0 saturated heterocycles. The molecule has 0 amide bonds. The fourth-order valence-electron chi connectivity index (χ4n) is 2.03. The molecule has 0 spiro atoms. The molecule has 5 heteroatoms. The highest BCUT2D eigenvalue weighted by Gasteiger charge is 2.20. The molecule has 1 aromatic rings. The van der Waals surface area contributed by atoms with Crippen LogP contribution in [-0.4, -0.2) is 17.4 Å². The number of hydrogen-bond acceptors (Lipinski definition) is 3. The smallest absolute Gasteiger partial charge is 0.512 e. The van der Waals surface area contributed by atoms with Crippen molar-refractivity contribution in [3.05, 3.63) is 66.5 Å². The summed E-state index contributed by atoms with van der Waals surface area (Å²) >= 11 is 0. The second-order valence-electron chi connectivity index (χ2n) is 4.23. The van der Waals surface area contributed by atoms with Gasteiger partial charge in [-0.25, -0.2) is 4.39 Å². The summed E-state index contributed by atoms with van der Waals surface area (Å²) in [6, 6.07) is 1.46. The molecule has 0 radical (unpaired) electrons. The van der Waals surface area contributed by atoms with E-state index in [2.05, 4.69) is 19.7 Å². The molecule has 1 aromatic carbocycles. The number of hydrogen-bond donors (Lipinski definition) is 2. The first kappa shape index (κ1) is 16.2. The lowest BCUT2D eigenvalue weighted by Crippen LogP contribution is -2.22. The van der Waals surface area contributed by atoms with Crippen LogP contribution in [0.1, 0.15) is 16.7 Å². The van der Waals surface area contributed by atoms with Crippen molar-refractivity contribution in [1.82, 2.24) is 0 Å². The van der Waals surface area contributed by atoms with Crippen molar-refractivity contribution < 1.29 is 19.1 Å². The van der Waals surface area contributed by atoms with Crippen molar-refractivity contribution in [3.63, 3.8) is 0 Å². The maximum absolute atomic E-state index is 14.4. The van der Waals surface area contributed by atoms with Gasteiger partial charge in [-0.05, 0) is 36.5 Å². The van der Waals surface area contributed by atoms with Gasteiger partial charge < -0.3 is 14.7 Å². The fraction of sp³-hybridized carbons (Fsp3) is 0.200. The summed E-state index contributed by atoms with van der Waals surface area (Å²) in [5.41, 5.74) is 1.36. The van der Waals surface area contributed by atoms with E-state index in [9.17, 15) is 4.39 Å². The molecular weight excluding hydrogens is 258 g/mol. The van der Waals surface area contributed by atoms with Gasteiger partial charge in [-0.15, -0.1) is 19.7 Å². The Morgan fingerprint density at radius 2 is 1.60 bits per heavy atom. The fourth-order valence-corrected chi connectivity index (χ4v) is 2.03. The van der Waals surface area contributed by atoms with Gasteiger partial charge >= 0.3 is 7.32 Å². The molecule has 0 heterocycles. The predicted molar refractivity (Wildman–Crippen MR) is 78.9 cm³/mol. The minimum Gasteiger partial charge on any atom is -0.512 e. The summed E-state index contributed by atoms with van der Waals surface area (Å²) in [7, 11) is -1.96. The van der Waals surface area contributed by atoms with Crippen molar-refractivity contribution in [1.29, 1.82) is 0 Å². The van der Waals surface area contributed by atoms with Gasteiger partial charge in [-0.3, -0.25) is 0 Å². The zero-order valence-electron chi connectivity index (χ0n) is 11.3. The van der Waals surface area contributed by atoms with E-state index in [0.29, 0.717) is 36.0 Å². The molecule has 0 bridgehead atoms. The molecule has 0 aromatic heterocycles. The topological polar surface area (TPSA) is 49.7 Å². The molecule has 3 nitrogen and oxygen atoms in total. The number of benzene rings is 1. The van der Waals surface area contributed by atoms with Crippen LogP contribution in [-0.2, 0) is 19.3 Å². The maximum atomic E-state index is 14.4. The Hall–Kier alpha value is -1.85. The Balaban J connectivity index is 3.47. The van der Waals surface area contributed by atoms with Gasteiger partial charge in [0.15, 0.2) is 0 Å². The first-order valence-corrected chi connectivity index (χ1v) is 6.23. The van der Waals surface area contributed by atoms with Crippen molar-refractivity contribution in [2.45, 2.75) is 19.3 Å². The number of rotatable bonds is 8.